The number of benzene rings is 2. The van der Waals surface area contributed by atoms with E-state index in [9.17, 15) is 4.79 Å². The number of rotatable bonds is 2. The fourth-order valence-electron chi connectivity index (χ4n) is 2.71. The predicted molar refractivity (Wildman–Crippen MR) is 87.1 cm³/mol. The van der Waals surface area contributed by atoms with Gasteiger partial charge in [-0.3, -0.25) is 0 Å². The summed E-state index contributed by atoms with van der Waals surface area (Å²) in [6.45, 7) is 2.19. The van der Waals surface area contributed by atoms with Crippen molar-refractivity contribution in [3.8, 4) is 0 Å². The number of carbonyl (C=O) groups is 1. The molecule has 2 aromatic carbocycles. The number of aromatic amines is 1. The van der Waals surface area contributed by atoms with Crippen LogP contribution < -0.4 is 0 Å². The Morgan fingerprint density at radius 1 is 1.14 bits per heavy atom. The number of fused-ring (bicyclic) bond motifs is 5. The van der Waals surface area contributed by atoms with Gasteiger partial charge in [-0.05, 0) is 25.1 Å². The zero-order valence-corrected chi connectivity index (χ0v) is 12.3. The Morgan fingerprint density at radius 3 is 2.86 bits per heavy atom. The van der Waals surface area contributed by atoms with Crippen LogP contribution in [-0.4, -0.2) is 17.6 Å². The maximum atomic E-state index is 11.9. The number of esters is 1. The first-order valence-electron chi connectivity index (χ1n) is 6.88. The van der Waals surface area contributed by atoms with Crippen molar-refractivity contribution in [2.24, 2.45) is 0 Å². The molecule has 0 radical (unpaired) electrons. The average molecular weight is 295 g/mol. The second-order valence-electron chi connectivity index (χ2n) is 4.91. The summed E-state index contributed by atoms with van der Waals surface area (Å²) in [5, 5.41) is 3.58. The quantitative estimate of drug-likeness (QED) is 0.544. The topological polar surface area (TPSA) is 42.1 Å². The molecule has 0 spiro atoms. The Morgan fingerprint density at radius 2 is 2.00 bits per heavy atom. The number of ether oxygens (including phenoxy) is 1. The molecule has 4 heteroatoms. The van der Waals surface area contributed by atoms with E-state index in [1.54, 1.807) is 11.3 Å². The molecule has 21 heavy (non-hydrogen) atoms. The number of nitrogens with one attached hydrogen (secondary N) is 1. The summed E-state index contributed by atoms with van der Waals surface area (Å²) in [7, 11) is 0. The molecule has 3 nitrogen and oxygen atoms in total. The van der Waals surface area contributed by atoms with Gasteiger partial charge in [-0.25, -0.2) is 4.79 Å². The van der Waals surface area contributed by atoms with E-state index in [1.165, 1.54) is 20.2 Å². The van der Waals surface area contributed by atoms with Gasteiger partial charge < -0.3 is 9.72 Å². The zero-order valence-electron chi connectivity index (χ0n) is 11.5. The largest absolute Gasteiger partial charge is 0.461 e. The molecule has 0 saturated heterocycles. The van der Waals surface area contributed by atoms with Crippen LogP contribution >= 0.6 is 11.3 Å². The molecule has 4 rings (SSSR count). The van der Waals surface area contributed by atoms with Crippen molar-refractivity contribution >= 4 is 48.4 Å². The minimum absolute atomic E-state index is 0.303. The molecule has 0 amide bonds. The van der Waals surface area contributed by atoms with E-state index in [0.29, 0.717) is 12.3 Å². The predicted octanol–water partition coefficient (Wildman–Crippen LogP) is 4.71. The molecule has 0 atom stereocenters. The van der Waals surface area contributed by atoms with Crippen LogP contribution in [0.5, 0.6) is 0 Å². The van der Waals surface area contributed by atoms with Crippen molar-refractivity contribution in [2.45, 2.75) is 6.92 Å². The molecule has 0 aliphatic heterocycles. The lowest BCUT2D eigenvalue weighted by molar-refractivity contribution is 0.0520. The lowest BCUT2D eigenvalue weighted by Gasteiger charge is -1.96. The van der Waals surface area contributed by atoms with Gasteiger partial charge in [-0.1, -0.05) is 24.3 Å². The summed E-state index contributed by atoms with van der Waals surface area (Å²) in [4.78, 5) is 15.0. The van der Waals surface area contributed by atoms with Crippen LogP contribution in [0.3, 0.4) is 0 Å². The maximum absolute atomic E-state index is 11.9. The van der Waals surface area contributed by atoms with Crippen LogP contribution in [0.4, 0.5) is 0 Å². The first-order chi connectivity index (χ1) is 10.3. The summed E-state index contributed by atoms with van der Waals surface area (Å²) in [5.41, 5.74) is 1.48. The molecule has 104 valence electrons. The number of hydrogen-bond acceptors (Lipinski definition) is 3. The Bertz CT molecular complexity index is 980. The van der Waals surface area contributed by atoms with Crippen LogP contribution in [0, 0.1) is 0 Å². The minimum atomic E-state index is -0.303. The summed E-state index contributed by atoms with van der Waals surface area (Å²) in [6.07, 6.45) is 0. The van der Waals surface area contributed by atoms with Crippen molar-refractivity contribution in [1.82, 2.24) is 4.98 Å². The minimum Gasteiger partial charge on any atom is -0.461 e. The highest BCUT2D eigenvalue weighted by atomic mass is 32.1. The molecule has 2 heterocycles. The Balaban J connectivity index is 2.02. The second kappa shape index (κ2) is 4.60. The van der Waals surface area contributed by atoms with E-state index >= 15 is 0 Å². The molecule has 0 aliphatic rings. The van der Waals surface area contributed by atoms with Gasteiger partial charge in [-0.2, -0.15) is 0 Å². The van der Waals surface area contributed by atoms with Crippen LogP contribution in [-0.2, 0) is 4.74 Å². The van der Waals surface area contributed by atoms with Crippen LogP contribution in [0.2, 0.25) is 0 Å². The van der Waals surface area contributed by atoms with Crippen LogP contribution in [0.1, 0.15) is 17.4 Å². The maximum Gasteiger partial charge on any atom is 0.354 e. The molecule has 0 bridgehead atoms. The van der Waals surface area contributed by atoms with Gasteiger partial charge in [0.1, 0.15) is 5.69 Å². The fourth-order valence-corrected chi connectivity index (χ4v) is 3.93. The molecule has 0 aliphatic carbocycles. The van der Waals surface area contributed by atoms with Gasteiger partial charge in [-0.15, -0.1) is 11.3 Å². The van der Waals surface area contributed by atoms with Gasteiger partial charge in [0.2, 0.25) is 0 Å². The lowest BCUT2D eigenvalue weighted by Crippen LogP contribution is -2.04. The van der Waals surface area contributed by atoms with Crippen molar-refractivity contribution in [2.75, 3.05) is 6.61 Å². The molecule has 4 aromatic rings. The average Bonchev–Trinajstić information content (AvgIpc) is 3.08. The Hall–Kier alpha value is -2.33. The molecule has 2 aromatic heterocycles. The highest BCUT2D eigenvalue weighted by molar-refractivity contribution is 7.26. The number of thiophene rings is 1. The third kappa shape index (κ3) is 1.83. The third-order valence-corrected chi connectivity index (χ3v) is 4.86. The number of carbonyl (C=O) groups excluding carboxylic acids is 1. The van der Waals surface area contributed by atoms with E-state index < -0.39 is 0 Å². The molecule has 0 unspecified atom stereocenters. The normalized spacial score (nSPS) is 11.5. The molecular weight excluding hydrogens is 282 g/mol. The molecule has 1 N–H and O–H groups in total. The van der Waals surface area contributed by atoms with Crippen LogP contribution in [0.25, 0.3) is 31.1 Å². The van der Waals surface area contributed by atoms with Gasteiger partial charge in [0, 0.05) is 31.1 Å². The van der Waals surface area contributed by atoms with Gasteiger partial charge in [0.25, 0.3) is 0 Å². The SMILES string of the molecule is CCOC(=O)c1cc2c(ccc3c4ccccc4sc23)[nH]1. The Kier molecular flexibility index (Phi) is 2.72. The highest BCUT2D eigenvalue weighted by Gasteiger charge is 2.14. The number of aromatic nitrogens is 1. The van der Waals surface area contributed by atoms with Gasteiger partial charge in [0.15, 0.2) is 0 Å². The number of H-pyrrole nitrogens is 1. The van der Waals surface area contributed by atoms with E-state index in [2.05, 4.69) is 35.3 Å². The van der Waals surface area contributed by atoms with Crippen molar-refractivity contribution in [3.63, 3.8) is 0 Å². The number of hydrogen-bond donors (Lipinski definition) is 1. The smallest absolute Gasteiger partial charge is 0.354 e. The summed E-state index contributed by atoms with van der Waals surface area (Å²) in [6, 6.07) is 14.4. The molecule has 0 fully saturated rings. The molecular formula is C17H13NO2S. The van der Waals surface area contributed by atoms with E-state index in [-0.39, 0.29) is 5.97 Å². The highest BCUT2D eigenvalue weighted by Crippen LogP contribution is 2.38. The summed E-state index contributed by atoms with van der Waals surface area (Å²) < 4.78 is 7.53. The van der Waals surface area contributed by atoms with Gasteiger partial charge >= 0.3 is 5.97 Å². The second-order valence-corrected chi connectivity index (χ2v) is 5.96. The van der Waals surface area contributed by atoms with Crippen LogP contribution in [0.15, 0.2) is 42.5 Å². The standard InChI is InChI=1S/C17H13NO2S/c1-2-20-17(19)14-9-12-13(18-14)8-7-11-10-5-3-4-6-15(10)21-16(11)12/h3-9,18H,2H2,1H3. The van der Waals surface area contributed by atoms with Crippen molar-refractivity contribution in [3.05, 3.63) is 48.2 Å². The van der Waals surface area contributed by atoms with E-state index in [0.717, 1.165) is 10.9 Å². The van der Waals surface area contributed by atoms with Crippen molar-refractivity contribution < 1.29 is 9.53 Å². The Labute approximate surface area is 125 Å². The lowest BCUT2D eigenvalue weighted by atomic mass is 10.1. The first kappa shape index (κ1) is 12.4. The third-order valence-electron chi connectivity index (χ3n) is 3.64. The first-order valence-corrected chi connectivity index (χ1v) is 7.69. The summed E-state index contributed by atoms with van der Waals surface area (Å²) >= 11 is 1.76. The van der Waals surface area contributed by atoms with E-state index in [4.69, 9.17) is 4.74 Å². The van der Waals surface area contributed by atoms with E-state index in [1.807, 2.05) is 19.1 Å². The fraction of sp³-hybridized carbons (Fsp3) is 0.118. The molecule has 0 saturated carbocycles. The summed E-state index contributed by atoms with van der Waals surface area (Å²) in [5.74, 6) is -0.303. The monoisotopic (exact) mass is 295 g/mol. The van der Waals surface area contributed by atoms with Gasteiger partial charge in [0.05, 0.1) is 6.61 Å². The zero-order chi connectivity index (χ0) is 14.4. The van der Waals surface area contributed by atoms with Crippen molar-refractivity contribution in [1.29, 1.82) is 0 Å².